The number of nitrogens with one attached hydrogen (secondary N) is 2. The van der Waals surface area contributed by atoms with Crippen molar-refractivity contribution in [3.63, 3.8) is 0 Å². The molecule has 1 amide bonds. The lowest BCUT2D eigenvalue weighted by molar-refractivity contribution is 0.0947. The summed E-state index contributed by atoms with van der Waals surface area (Å²) in [6, 6.07) is 5.92. The Kier molecular flexibility index (Phi) is 4.12. The molecular formula is C22H23N5O2. The van der Waals surface area contributed by atoms with Crippen LogP contribution < -0.4 is 10.6 Å². The molecule has 0 saturated heterocycles. The first-order valence-corrected chi connectivity index (χ1v) is 10.1. The number of amides is 1. The smallest absolute Gasteiger partial charge is 0.251 e. The number of anilines is 2. The van der Waals surface area contributed by atoms with Gasteiger partial charge in [0, 0.05) is 35.0 Å². The summed E-state index contributed by atoms with van der Waals surface area (Å²) in [6.07, 6.45) is 7.31. The maximum Gasteiger partial charge on any atom is 0.251 e. The molecule has 0 bridgehead atoms. The van der Waals surface area contributed by atoms with Crippen molar-refractivity contribution in [3.05, 3.63) is 53.0 Å². The molecule has 1 aromatic carbocycles. The van der Waals surface area contributed by atoms with E-state index in [1.165, 1.54) is 6.33 Å². The number of carbonyl (C=O) groups excluding carboxylic acids is 2. The Labute approximate surface area is 168 Å². The maximum atomic E-state index is 12.6. The predicted octanol–water partition coefficient (Wildman–Crippen LogP) is 3.57. The molecule has 2 saturated carbocycles. The van der Waals surface area contributed by atoms with E-state index in [4.69, 9.17) is 0 Å². The molecule has 3 aromatic rings. The van der Waals surface area contributed by atoms with Gasteiger partial charge in [-0.25, -0.2) is 9.50 Å². The number of Topliss-reactive ketones (excluding diaryl/α,β-unsaturated/α-hetero) is 1. The van der Waals surface area contributed by atoms with E-state index in [0.717, 1.165) is 48.0 Å². The third-order valence-electron chi connectivity index (χ3n) is 5.71. The standard InChI is InChI=1S/C22H23N5O2/c1-12-3-4-15(22(29)25-16-7-8-16)9-18(12)26-21-19-13(2)17(20(28)14-5-6-14)10-27(19)24-11-23-21/h3-4,9-11,14,16H,5-8H2,1-2H3,(H,25,29)(H,23,24,26). The van der Waals surface area contributed by atoms with E-state index in [0.29, 0.717) is 23.0 Å². The van der Waals surface area contributed by atoms with Crippen molar-refractivity contribution in [2.24, 2.45) is 5.92 Å². The molecule has 0 unspecified atom stereocenters. The van der Waals surface area contributed by atoms with Crippen molar-refractivity contribution in [3.8, 4) is 0 Å². The van der Waals surface area contributed by atoms with Crippen LogP contribution in [0.25, 0.3) is 5.52 Å². The molecule has 7 nitrogen and oxygen atoms in total. The summed E-state index contributed by atoms with van der Waals surface area (Å²) >= 11 is 0. The van der Waals surface area contributed by atoms with Gasteiger partial charge in [0.05, 0.1) is 0 Å². The van der Waals surface area contributed by atoms with Gasteiger partial charge in [0.25, 0.3) is 5.91 Å². The van der Waals surface area contributed by atoms with E-state index in [-0.39, 0.29) is 17.6 Å². The van der Waals surface area contributed by atoms with E-state index < -0.39 is 0 Å². The van der Waals surface area contributed by atoms with E-state index in [1.807, 2.05) is 32.0 Å². The summed E-state index contributed by atoms with van der Waals surface area (Å²) < 4.78 is 1.71. The highest BCUT2D eigenvalue weighted by molar-refractivity contribution is 6.03. The molecule has 2 N–H and O–H groups in total. The highest BCUT2D eigenvalue weighted by Crippen LogP contribution is 2.35. The number of aryl methyl sites for hydroxylation is 2. The number of carbonyl (C=O) groups is 2. The maximum absolute atomic E-state index is 12.6. The van der Waals surface area contributed by atoms with E-state index in [9.17, 15) is 9.59 Å². The van der Waals surface area contributed by atoms with Crippen LogP contribution in [-0.2, 0) is 0 Å². The molecule has 2 aliphatic rings. The van der Waals surface area contributed by atoms with Crippen molar-refractivity contribution in [2.45, 2.75) is 45.6 Å². The van der Waals surface area contributed by atoms with Crippen molar-refractivity contribution < 1.29 is 9.59 Å². The Morgan fingerprint density at radius 2 is 1.93 bits per heavy atom. The van der Waals surface area contributed by atoms with Crippen molar-refractivity contribution >= 4 is 28.7 Å². The average Bonchev–Trinajstić information content (AvgIpc) is 3.62. The molecule has 2 fully saturated rings. The van der Waals surface area contributed by atoms with Gasteiger partial charge < -0.3 is 10.6 Å². The molecular weight excluding hydrogens is 366 g/mol. The van der Waals surface area contributed by atoms with Gasteiger partial charge in [-0.2, -0.15) is 5.10 Å². The number of aromatic nitrogens is 3. The Morgan fingerprint density at radius 3 is 2.66 bits per heavy atom. The molecule has 2 aromatic heterocycles. The lowest BCUT2D eigenvalue weighted by atomic mass is 10.1. The Balaban J connectivity index is 1.50. The van der Waals surface area contributed by atoms with Gasteiger partial charge in [-0.3, -0.25) is 9.59 Å². The molecule has 0 radical (unpaired) electrons. The summed E-state index contributed by atoms with van der Waals surface area (Å²) in [6.45, 7) is 3.92. The summed E-state index contributed by atoms with van der Waals surface area (Å²) in [5.74, 6) is 0.906. The fraction of sp³-hybridized carbons (Fsp3) is 0.364. The highest BCUT2D eigenvalue weighted by Gasteiger charge is 2.32. The topological polar surface area (TPSA) is 88.4 Å². The molecule has 29 heavy (non-hydrogen) atoms. The molecule has 5 rings (SSSR count). The van der Waals surface area contributed by atoms with Crippen LogP contribution in [-0.4, -0.2) is 32.3 Å². The number of hydrogen-bond donors (Lipinski definition) is 2. The zero-order chi connectivity index (χ0) is 20.1. The average molecular weight is 389 g/mol. The minimum absolute atomic E-state index is 0.0560. The Hall–Kier alpha value is -3.22. The van der Waals surface area contributed by atoms with E-state index >= 15 is 0 Å². The zero-order valence-electron chi connectivity index (χ0n) is 16.5. The highest BCUT2D eigenvalue weighted by atomic mass is 16.1. The van der Waals surface area contributed by atoms with Crippen LogP contribution in [0.5, 0.6) is 0 Å². The SMILES string of the molecule is Cc1ccc(C(=O)NC2CC2)cc1Nc1ncnn2cc(C(=O)C3CC3)c(C)c12. The third kappa shape index (κ3) is 3.37. The second kappa shape index (κ2) is 6.69. The van der Waals surface area contributed by atoms with Crippen LogP contribution in [0, 0.1) is 19.8 Å². The quantitative estimate of drug-likeness (QED) is 0.629. The third-order valence-corrected chi connectivity index (χ3v) is 5.71. The van der Waals surface area contributed by atoms with Gasteiger partial charge in [0.2, 0.25) is 0 Å². The summed E-state index contributed by atoms with van der Waals surface area (Å²) in [5, 5.41) is 10.7. The number of fused-ring (bicyclic) bond motifs is 1. The minimum Gasteiger partial charge on any atom is -0.349 e. The van der Waals surface area contributed by atoms with E-state index in [2.05, 4.69) is 20.7 Å². The van der Waals surface area contributed by atoms with Crippen LogP contribution in [0.1, 0.15) is 57.5 Å². The van der Waals surface area contributed by atoms with Crippen LogP contribution in [0.4, 0.5) is 11.5 Å². The van der Waals surface area contributed by atoms with Gasteiger partial charge in [0.15, 0.2) is 11.6 Å². The molecule has 2 heterocycles. The van der Waals surface area contributed by atoms with Crippen molar-refractivity contribution in [1.29, 1.82) is 0 Å². The lowest BCUT2D eigenvalue weighted by Gasteiger charge is -2.12. The fourth-order valence-corrected chi connectivity index (χ4v) is 3.59. The normalized spacial score (nSPS) is 16.1. The molecule has 148 valence electrons. The molecule has 2 aliphatic carbocycles. The monoisotopic (exact) mass is 389 g/mol. The lowest BCUT2D eigenvalue weighted by Crippen LogP contribution is -2.25. The first-order chi connectivity index (χ1) is 14.0. The summed E-state index contributed by atoms with van der Waals surface area (Å²) in [5.41, 5.74) is 4.80. The van der Waals surface area contributed by atoms with Crippen LogP contribution in [0.15, 0.2) is 30.7 Å². The Morgan fingerprint density at radius 1 is 1.14 bits per heavy atom. The van der Waals surface area contributed by atoms with E-state index in [1.54, 1.807) is 10.7 Å². The van der Waals surface area contributed by atoms with Gasteiger partial charge in [0.1, 0.15) is 11.8 Å². The predicted molar refractivity (Wildman–Crippen MR) is 110 cm³/mol. The van der Waals surface area contributed by atoms with Crippen LogP contribution >= 0.6 is 0 Å². The number of benzene rings is 1. The van der Waals surface area contributed by atoms with Crippen molar-refractivity contribution in [2.75, 3.05) is 5.32 Å². The molecule has 7 heteroatoms. The largest absolute Gasteiger partial charge is 0.349 e. The number of nitrogens with zero attached hydrogens (tertiary/aromatic N) is 3. The van der Waals surface area contributed by atoms with Gasteiger partial charge >= 0.3 is 0 Å². The van der Waals surface area contributed by atoms with Crippen LogP contribution in [0.2, 0.25) is 0 Å². The molecule has 0 atom stereocenters. The van der Waals surface area contributed by atoms with Gasteiger partial charge in [-0.05, 0) is 62.8 Å². The van der Waals surface area contributed by atoms with Crippen LogP contribution in [0.3, 0.4) is 0 Å². The summed E-state index contributed by atoms with van der Waals surface area (Å²) in [4.78, 5) is 29.4. The second-order valence-corrected chi connectivity index (χ2v) is 8.11. The van der Waals surface area contributed by atoms with Gasteiger partial charge in [-0.1, -0.05) is 6.07 Å². The van der Waals surface area contributed by atoms with Gasteiger partial charge in [-0.15, -0.1) is 0 Å². The fourth-order valence-electron chi connectivity index (χ4n) is 3.59. The minimum atomic E-state index is -0.0560. The zero-order valence-corrected chi connectivity index (χ0v) is 16.5. The number of rotatable bonds is 6. The first-order valence-electron chi connectivity index (χ1n) is 10.1. The first kappa shape index (κ1) is 17.8. The van der Waals surface area contributed by atoms with Crippen molar-refractivity contribution in [1.82, 2.24) is 19.9 Å². The molecule has 0 aliphatic heterocycles. The number of hydrogen-bond acceptors (Lipinski definition) is 5. The second-order valence-electron chi connectivity index (χ2n) is 8.11. The number of ketones is 1. The summed E-state index contributed by atoms with van der Waals surface area (Å²) in [7, 11) is 0. The molecule has 0 spiro atoms. The Bertz CT molecular complexity index is 1140.